The summed E-state index contributed by atoms with van der Waals surface area (Å²) in [5.41, 5.74) is 7.67. The molecule has 4 nitrogen and oxygen atoms in total. The van der Waals surface area contributed by atoms with E-state index in [9.17, 15) is 0 Å². The lowest BCUT2D eigenvalue weighted by Crippen LogP contribution is -2.36. The van der Waals surface area contributed by atoms with Gasteiger partial charge in [-0.25, -0.2) is 4.98 Å². The molecule has 2 fully saturated rings. The lowest BCUT2D eigenvalue weighted by Gasteiger charge is -2.26. The minimum absolute atomic E-state index is 0.0388. The van der Waals surface area contributed by atoms with Crippen molar-refractivity contribution in [2.75, 3.05) is 6.54 Å². The highest BCUT2D eigenvalue weighted by atomic mass is 15.0. The molecule has 1 aromatic heterocycles. The monoisotopic (exact) mass is 320 g/mol. The van der Waals surface area contributed by atoms with Gasteiger partial charge < -0.3 is 16.0 Å². The van der Waals surface area contributed by atoms with Gasteiger partial charge in [-0.3, -0.25) is 0 Å². The van der Waals surface area contributed by atoms with Crippen molar-refractivity contribution in [3.8, 4) is 0 Å². The molecule has 2 heterocycles. The van der Waals surface area contributed by atoms with E-state index in [1.807, 2.05) is 20.0 Å². The Morgan fingerprint density at radius 1 is 1.17 bits per heavy atom. The Bertz CT molecular complexity index is 428. The third-order valence-electron chi connectivity index (χ3n) is 5.37. The summed E-state index contributed by atoms with van der Waals surface area (Å²) in [6.45, 7) is 7.50. The molecule has 4 N–H and O–H groups in total. The van der Waals surface area contributed by atoms with Crippen LogP contribution in [-0.4, -0.2) is 22.6 Å². The minimum atomic E-state index is 0.0388. The molecule has 1 saturated carbocycles. The Balaban J connectivity index is 0.000000924. The topological polar surface area (TPSA) is 66.7 Å². The Morgan fingerprint density at radius 3 is 2.57 bits per heavy atom. The molecular formula is C19H36N4. The number of rotatable bonds is 4. The quantitative estimate of drug-likeness (QED) is 0.776. The van der Waals surface area contributed by atoms with Gasteiger partial charge in [0.05, 0.1) is 6.04 Å². The second-order valence-corrected chi connectivity index (χ2v) is 7.17. The predicted octanol–water partition coefficient (Wildman–Crippen LogP) is 4.26. The van der Waals surface area contributed by atoms with Gasteiger partial charge in [0.2, 0.25) is 0 Å². The standard InChI is InChI=1S/C17H30N4.C2H6/c1-12-5-7-13(8-6-12)16-11-20-17(21-16)15(18)10-14-4-2-3-9-19-14;1-2/h11-15,19H,2-10,18H2,1H3,(H,20,21);1-2H3/t12?,13?,14?,15-;/m0./s1. The van der Waals surface area contributed by atoms with Crippen LogP contribution in [-0.2, 0) is 0 Å². The highest BCUT2D eigenvalue weighted by molar-refractivity contribution is 5.11. The second-order valence-electron chi connectivity index (χ2n) is 7.17. The van der Waals surface area contributed by atoms with Crippen LogP contribution in [0.4, 0.5) is 0 Å². The molecule has 0 bridgehead atoms. The van der Waals surface area contributed by atoms with Crippen LogP contribution in [0.3, 0.4) is 0 Å². The van der Waals surface area contributed by atoms with E-state index in [4.69, 9.17) is 5.73 Å². The Labute approximate surface area is 142 Å². The fraction of sp³-hybridized carbons (Fsp3) is 0.842. The zero-order valence-electron chi connectivity index (χ0n) is 15.3. The molecule has 1 saturated heterocycles. The molecule has 4 heteroatoms. The van der Waals surface area contributed by atoms with Crippen molar-refractivity contribution in [2.45, 2.75) is 90.1 Å². The number of aromatic nitrogens is 2. The van der Waals surface area contributed by atoms with Crippen molar-refractivity contribution >= 4 is 0 Å². The number of hydrogen-bond donors (Lipinski definition) is 3. The van der Waals surface area contributed by atoms with Crippen molar-refractivity contribution in [3.05, 3.63) is 17.7 Å². The maximum atomic E-state index is 6.36. The molecule has 23 heavy (non-hydrogen) atoms. The van der Waals surface area contributed by atoms with Crippen molar-refractivity contribution in [1.29, 1.82) is 0 Å². The summed E-state index contributed by atoms with van der Waals surface area (Å²) in [4.78, 5) is 8.09. The lowest BCUT2D eigenvalue weighted by atomic mass is 9.82. The van der Waals surface area contributed by atoms with E-state index in [0.29, 0.717) is 12.0 Å². The van der Waals surface area contributed by atoms with E-state index in [1.54, 1.807) is 0 Å². The Hall–Kier alpha value is -0.870. The third-order valence-corrected chi connectivity index (χ3v) is 5.37. The van der Waals surface area contributed by atoms with Gasteiger partial charge in [0.25, 0.3) is 0 Å². The number of piperidine rings is 1. The second kappa shape index (κ2) is 9.43. The van der Waals surface area contributed by atoms with E-state index in [1.165, 1.54) is 50.6 Å². The van der Waals surface area contributed by atoms with Crippen LogP contribution in [0.2, 0.25) is 0 Å². The van der Waals surface area contributed by atoms with Crippen LogP contribution in [0.1, 0.15) is 95.6 Å². The van der Waals surface area contributed by atoms with Gasteiger partial charge in [0, 0.05) is 23.9 Å². The van der Waals surface area contributed by atoms with Crippen molar-refractivity contribution < 1.29 is 0 Å². The molecule has 1 aromatic rings. The molecule has 0 aromatic carbocycles. The Morgan fingerprint density at radius 2 is 1.91 bits per heavy atom. The summed E-state index contributed by atoms with van der Waals surface area (Å²) in [5, 5.41) is 3.57. The largest absolute Gasteiger partial charge is 0.344 e. The van der Waals surface area contributed by atoms with Crippen molar-refractivity contribution in [2.24, 2.45) is 11.7 Å². The molecule has 1 aliphatic heterocycles. The molecule has 0 spiro atoms. The van der Waals surface area contributed by atoms with E-state index in [-0.39, 0.29) is 6.04 Å². The van der Waals surface area contributed by atoms with Gasteiger partial charge in [-0.2, -0.15) is 0 Å². The van der Waals surface area contributed by atoms with Crippen LogP contribution in [0, 0.1) is 5.92 Å². The van der Waals surface area contributed by atoms with Crippen LogP contribution in [0.25, 0.3) is 0 Å². The maximum absolute atomic E-state index is 6.36. The van der Waals surface area contributed by atoms with Crippen LogP contribution < -0.4 is 11.1 Å². The van der Waals surface area contributed by atoms with E-state index in [0.717, 1.165) is 24.7 Å². The molecule has 1 aliphatic carbocycles. The number of nitrogens with zero attached hydrogens (tertiary/aromatic N) is 1. The SMILES string of the molecule is CC.CC1CCC(c2cnc([C@@H](N)CC3CCCCN3)[nH]2)CC1. The number of H-pyrrole nitrogens is 1. The van der Waals surface area contributed by atoms with Gasteiger partial charge in [-0.15, -0.1) is 0 Å². The average Bonchev–Trinajstić information content (AvgIpc) is 3.08. The minimum Gasteiger partial charge on any atom is -0.344 e. The maximum Gasteiger partial charge on any atom is 0.123 e. The number of nitrogens with two attached hydrogens (primary N) is 1. The summed E-state index contributed by atoms with van der Waals surface area (Å²) < 4.78 is 0. The van der Waals surface area contributed by atoms with Crippen molar-refractivity contribution in [1.82, 2.24) is 15.3 Å². The first-order valence-electron chi connectivity index (χ1n) is 9.76. The lowest BCUT2D eigenvalue weighted by molar-refractivity contribution is 0.343. The molecule has 1 unspecified atom stereocenters. The normalized spacial score (nSPS) is 29.5. The van der Waals surface area contributed by atoms with Crippen LogP contribution >= 0.6 is 0 Å². The first-order chi connectivity index (χ1) is 11.2. The molecular weight excluding hydrogens is 284 g/mol. The van der Waals surface area contributed by atoms with Gasteiger partial charge in [0.1, 0.15) is 5.82 Å². The van der Waals surface area contributed by atoms with Gasteiger partial charge >= 0.3 is 0 Å². The highest BCUT2D eigenvalue weighted by Crippen LogP contribution is 2.35. The first-order valence-corrected chi connectivity index (χ1v) is 9.76. The first kappa shape index (κ1) is 18.5. The van der Waals surface area contributed by atoms with E-state index < -0.39 is 0 Å². The summed E-state index contributed by atoms with van der Waals surface area (Å²) in [7, 11) is 0. The summed E-state index contributed by atoms with van der Waals surface area (Å²) in [6.07, 6.45) is 12.2. The summed E-state index contributed by atoms with van der Waals surface area (Å²) in [5.74, 6) is 2.54. The summed E-state index contributed by atoms with van der Waals surface area (Å²) in [6, 6.07) is 0.606. The number of imidazole rings is 1. The van der Waals surface area contributed by atoms with Gasteiger partial charge in [-0.05, 0) is 44.6 Å². The predicted molar refractivity (Wildman–Crippen MR) is 97.5 cm³/mol. The van der Waals surface area contributed by atoms with E-state index in [2.05, 4.69) is 22.2 Å². The number of nitrogens with one attached hydrogen (secondary N) is 2. The van der Waals surface area contributed by atoms with E-state index >= 15 is 0 Å². The number of hydrogen-bond acceptors (Lipinski definition) is 3. The smallest absolute Gasteiger partial charge is 0.123 e. The molecule has 0 amide bonds. The molecule has 2 aliphatic rings. The van der Waals surface area contributed by atoms with Crippen LogP contribution in [0.15, 0.2) is 6.20 Å². The Kier molecular flexibility index (Phi) is 7.57. The zero-order chi connectivity index (χ0) is 16.7. The van der Waals surface area contributed by atoms with Crippen molar-refractivity contribution in [3.63, 3.8) is 0 Å². The highest BCUT2D eigenvalue weighted by Gasteiger charge is 2.23. The zero-order valence-corrected chi connectivity index (χ0v) is 15.3. The molecule has 0 radical (unpaired) electrons. The third kappa shape index (κ3) is 5.32. The molecule has 132 valence electrons. The molecule has 2 atom stereocenters. The van der Waals surface area contributed by atoms with Gasteiger partial charge in [0.15, 0.2) is 0 Å². The fourth-order valence-electron chi connectivity index (χ4n) is 3.86. The number of aromatic amines is 1. The fourth-order valence-corrected chi connectivity index (χ4v) is 3.86. The molecule has 3 rings (SSSR count). The van der Waals surface area contributed by atoms with Crippen LogP contribution in [0.5, 0.6) is 0 Å². The van der Waals surface area contributed by atoms with Gasteiger partial charge in [-0.1, -0.05) is 40.0 Å². The summed E-state index contributed by atoms with van der Waals surface area (Å²) >= 11 is 0. The average molecular weight is 321 g/mol.